The Bertz CT molecular complexity index is 506. The van der Waals surface area contributed by atoms with Gasteiger partial charge in [0.1, 0.15) is 0 Å². The lowest BCUT2D eigenvalue weighted by atomic mass is 10.0. The quantitative estimate of drug-likeness (QED) is 0.812. The molecule has 1 aromatic carbocycles. The van der Waals surface area contributed by atoms with Crippen molar-refractivity contribution in [2.45, 2.75) is 65.0 Å². The number of anilines is 1. The van der Waals surface area contributed by atoms with E-state index in [1.807, 2.05) is 6.92 Å². The van der Waals surface area contributed by atoms with Crippen LogP contribution < -0.4 is 5.32 Å². The summed E-state index contributed by atoms with van der Waals surface area (Å²) in [6.07, 6.45) is 4.45. The van der Waals surface area contributed by atoms with Crippen LogP contribution in [0.5, 0.6) is 0 Å². The molecule has 1 heterocycles. The molecule has 128 valence electrons. The normalized spacial score (nSPS) is 19.7. The number of benzene rings is 1. The zero-order valence-corrected chi connectivity index (χ0v) is 14.6. The number of para-hydroxylation sites is 1. The van der Waals surface area contributed by atoms with Gasteiger partial charge in [0.2, 0.25) is 5.91 Å². The first-order valence-corrected chi connectivity index (χ1v) is 8.87. The van der Waals surface area contributed by atoms with E-state index >= 15 is 0 Å². The summed E-state index contributed by atoms with van der Waals surface area (Å²) in [5, 5.41) is 12.7. The first-order valence-electron chi connectivity index (χ1n) is 8.87. The Hall–Kier alpha value is -1.39. The number of aryl methyl sites for hydroxylation is 2. The van der Waals surface area contributed by atoms with Crippen molar-refractivity contribution in [3.8, 4) is 0 Å². The molecule has 2 rings (SSSR count). The number of nitrogens with one attached hydrogen (secondary N) is 1. The zero-order chi connectivity index (χ0) is 16.8. The number of likely N-dealkylation sites (tertiary alicyclic amines) is 1. The van der Waals surface area contributed by atoms with Gasteiger partial charge in [-0.15, -0.1) is 0 Å². The number of nitrogens with zero attached hydrogens (tertiary/aromatic N) is 1. The van der Waals surface area contributed by atoms with Crippen LogP contribution in [-0.2, 0) is 17.6 Å². The Morgan fingerprint density at radius 3 is 2.57 bits per heavy atom. The van der Waals surface area contributed by atoms with Crippen molar-refractivity contribution in [2.24, 2.45) is 0 Å². The Morgan fingerprint density at radius 1 is 1.35 bits per heavy atom. The van der Waals surface area contributed by atoms with E-state index in [1.54, 1.807) is 0 Å². The Balaban J connectivity index is 2.02. The second-order valence-electron chi connectivity index (χ2n) is 6.56. The van der Waals surface area contributed by atoms with Crippen molar-refractivity contribution in [3.63, 3.8) is 0 Å². The van der Waals surface area contributed by atoms with E-state index in [1.165, 1.54) is 11.1 Å². The van der Waals surface area contributed by atoms with E-state index in [4.69, 9.17) is 0 Å². The molecule has 2 unspecified atom stereocenters. The lowest BCUT2D eigenvalue weighted by molar-refractivity contribution is -0.117. The molecule has 2 atom stereocenters. The monoisotopic (exact) mass is 318 g/mol. The molecule has 1 aliphatic heterocycles. The van der Waals surface area contributed by atoms with Crippen molar-refractivity contribution in [3.05, 3.63) is 29.3 Å². The number of amides is 1. The summed E-state index contributed by atoms with van der Waals surface area (Å²) in [6, 6.07) is 6.56. The predicted octanol–water partition coefficient (Wildman–Crippen LogP) is 2.99. The van der Waals surface area contributed by atoms with E-state index in [0.29, 0.717) is 12.6 Å². The number of carbonyl (C=O) groups excluding carboxylic acids is 1. The minimum atomic E-state index is -0.309. The van der Waals surface area contributed by atoms with Gasteiger partial charge in [0.05, 0.1) is 12.6 Å². The molecule has 0 aliphatic carbocycles. The van der Waals surface area contributed by atoms with Crippen molar-refractivity contribution in [2.75, 3.05) is 18.4 Å². The first-order chi connectivity index (χ1) is 11.0. The molecule has 0 aromatic heterocycles. The van der Waals surface area contributed by atoms with Gasteiger partial charge < -0.3 is 10.4 Å². The van der Waals surface area contributed by atoms with Gasteiger partial charge in [0.25, 0.3) is 0 Å². The number of aliphatic hydroxyl groups is 1. The maximum Gasteiger partial charge on any atom is 0.238 e. The molecule has 1 amide bonds. The highest BCUT2D eigenvalue weighted by Crippen LogP contribution is 2.24. The summed E-state index contributed by atoms with van der Waals surface area (Å²) >= 11 is 0. The highest BCUT2D eigenvalue weighted by Gasteiger charge is 2.27. The summed E-state index contributed by atoms with van der Waals surface area (Å²) in [5.41, 5.74) is 3.38. The Labute approximate surface area is 139 Å². The molecule has 1 aromatic rings. The number of hydrogen-bond acceptors (Lipinski definition) is 3. The van der Waals surface area contributed by atoms with E-state index in [-0.39, 0.29) is 12.0 Å². The van der Waals surface area contributed by atoms with Crippen LogP contribution in [0.4, 0.5) is 5.69 Å². The molecule has 0 spiro atoms. The van der Waals surface area contributed by atoms with Crippen LogP contribution >= 0.6 is 0 Å². The molecular weight excluding hydrogens is 288 g/mol. The molecule has 4 nitrogen and oxygen atoms in total. The minimum absolute atomic E-state index is 0.0538. The lowest BCUT2D eigenvalue weighted by Crippen LogP contribution is -2.38. The second-order valence-corrected chi connectivity index (χ2v) is 6.56. The summed E-state index contributed by atoms with van der Waals surface area (Å²) in [4.78, 5) is 14.7. The van der Waals surface area contributed by atoms with Crippen LogP contribution in [0.1, 0.15) is 51.2 Å². The molecule has 1 fully saturated rings. The fraction of sp³-hybridized carbons (Fsp3) is 0.632. The SMILES string of the molecule is CCc1cccc(CC)c1NC(=O)CN1CCCC1CC(C)O. The third-order valence-electron chi connectivity index (χ3n) is 4.72. The van der Waals surface area contributed by atoms with Gasteiger partial charge in [0.15, 0.2) is 0 Å². The van der Waals surface area contributed by atoms with Gasteiger partial charge in [-0.25, -0.2) is 0 Å². The molecule has 1 saturated heterocycles. The molecule has 0 saturated carbocycles. The minimum Gasteiger partial charge on any atom is -0.393 e. The van der Waals surface area contributed by atoms with Crippen molar-refractivity contribution in [1.82, 2.24) is 4.90 Å². The van der Waals surface area contributed by atoms with Crippen molar-refractivity contribution >= 4 is 11.6 Å². The smallest absolute Gasteiger partial charge is 0.238 e. The highest BCUT2D eigenvalue weighted by molar-refractivity contribution is 5.93. The van der Waals surface area contributed by atoms with Crippen LogP contribution in [0, 0.1) is 0 Å². The molecule has 4 heteroatoms. The van der Waals surface area contributed by atoms with Gasteiger partial charge in [-0.1, -0.05) is 32.0 Å². The molecule has 1 aliphatic rings. The van der Waals surface area contributed by atoms with Gasteiger partial charge in [-0.3, -0.25) is 9.69 Å². The third kappa shape index (κ3) is 4.79. The van der Waals surface area contributed by atoms with Crippen LogP contribution in [0.3, 0.4) is 0 Å². The number of rotatable bonds is 7. The summed E-state index contributed by atoms with van der Waals surface area (Å²) in [5.74, 6) is 0.0538. The molecule has 0 bridgehead atoms. The van der Waals surface area contributed by atoms with E-state index in [2.05, 4.69) is 42.3 Å². The predicted molar refractivity (Wildman–Crippen MR) is 94.7 cm³/mol. The van der Waals surface area contributed by atoms with Crippen molar-refractivity contribution in [1.29, 1.82) is 0 Å². The van der Waals surface area contributed by atoms with E-state index in [0.717, 1.165) is 44.3 Å². The maximum absolute atomic E-state index is 12.5. The van der Waals surface area contributed by atoms with Gasteiger partial charge in [-0.2, -0.15) is 0 Å². The van der Waals surface area contributed by atoms with Crippen LogP contribution in [0.15, 0.2) is 18.2 Å². The Kier molecular flexibility index (Phi) is 6.60. The average Bonchev–Trinajstić information content (AvgIpc) is 2.93. The molecule has 2 N–H and O–H groups in total. The highest BCUT2D eigenvalue weighted by atomic mass is 16.3. The molecule has 23 heavy (non-hydrogen) atoms. The van der Waals surface area contributed by atoms with Crippen LogP contribution in [0.2, 0.25) is 0 Å². The topological polar surface area (TPSA) is 52.6 Å². The van der Waals surface area contributed by atoms with Crippen molar-refractivity contribution < 1.29 is 9.90 Å². The van der Waals surface area contributed by atoms with Crippen LogP contribution in [-0.4, -0.2) is 41.1 Å². The number of carbonyl (C=O) groups is 1. The fourth-order valence-electron chi connectivity index (χ4n) is 3.53. The summed E-state index contributed by atoms with van der Waals surface area (Å²) in [6.45, 7) is 7.41. The summed E-state index contributed by atoms with van der Waals surface area (Å²) in [7, 11) is 0. The van der Waals surface area contributed by atoms with Gasteiger partial charge >= 0.3 is 0 Å². The van der Waals surface area contributed by atoms with Gasteiger partial charge in [0, 0.05) is 11.7 Å². The van der Waals surface area contributed by atoms with Crippen LogP contribution in [0.25, 0.3) is 0 Å². The molecule has 0 radical (unpaired) electrons. The fourth-order valence-corrected chi connectivity index (χ4v) is 3.53. The average molecular weight is 318 g/mol. The maximum atomic E-state index is 12.5. The van der Waals surface area contributed by atoms with E-state index < -0.39 is 0 Å². The number of hydrogen-bond donors (Lipinski definition) is 2. The van der Waals surface area contributed by atoms with Gasteiger partial charge in [-0.05, 0) is 56.7 Å². The number of aliphatic hydroxyl groups excluding tert-OH is 1. The molecular formula is C19H30N2O2. The second kappa shape index (κ2) is 8.46. The summed E-state index contributed by atoms with van der Waals surface area (Å²) < 4.78 is 0. The van der Waals surface area contributed by atoms with E-state index in [9.17, 15) is 9.90 Å². The third-order valence-corrected chi connectivity index (χ3v) is 4.72. The lowest BCUT2D eigenvalue weighted by Gasteiger charge is -2.25. The zero-order valence-electron chi connectivity index (χ0n) is 14.6. The first kappa shape index (κ1) is 18.0. The largest absolute Gasteiger partial charge is 0.393 e. The Morgan fingerprint density at radius 2 is 2.00 bits per heavy atom. The standard InChI is InChI=1S/C19H30N2O2/c1-4-15-8-6-9-16(5-2)19(15)20-18(23)13-21-11-7-10-17(21)12-14(3)22/h6,8-9,14,17,22H,4-5,7,10-13H2,1-3H3,(H,20,23).